The van der Waals surface area contributed by atoms with Gasteiger partial charge < -0.3 is 9.32 Å². The quantitative estimate of drug-likeness (QED) is 0.353. The fourth-order valence-electron chi connectivity index (χ4n) is 3.70. The van der Waals surface area contributed by atoms with Gasteiger partial charge in [-0.15, -0.1) is 0 Å². The molecule has 0 radical (unpaired) electrons. The number of aromatic nitrogens is 1. The van der Waals surface area contributed by atoms with E-state index in [4.69, 9.17) is 4.42 Å². The number of carbonyl (C=O) groups excluding carboxylic acids is 1. The highest BCUT2D eigenvalue weighted by Gasteiger charge is 2.19. The molecule has 0 bridgehead atoms. The van der Waals surface area contributed by atoms with Gasteiger partial charge in [-0.25, -0.2) is 9.37 Å². The molecule has 0 unspecified atom stereocenters. The summed E-state index contributed by atoms with van der Waals surface area (Å²) in [7, 11) is 1.75. The van der Waals surface area contributed by atoms with Crippen molar-refractivity contribution >= 4 is 5.91 Å². The Bertz CT molecular complexity index is 1180. The van der Waals surface area contributed by atoms with E-state index in [1.54, 1.807) is 18.0 Å². The van der Waals surface area contributed by atoms with Crippen LogP contribution in [0, 0.1) is 5.82 Å². The second-order valence-electron chi connectivity index (χ2n) is 8.03. The maximum atomic E-state index is 13.7. The zero-order valence-electron chi connectivity index (χ0n) is 18.5. The van der Waals surface area contributed by atoms with Gasteiger partial charge >= 0.3 is 0 Å². The number of carbonyl (C=O) groups is 1. The topological polar surface area (TPSA) is 49.6 Å². The van der Waals surface area contributed by atoms with Gasteiger partial charge in [0.2, 0.25) is 5.89 Å². The van der Waals surface area contributed by atoms with Gasteiger partial charge in [-0.3, -0.25) is 9.69 Å². The minimum absolute atomic E-state index is 0.200. The first-order chi connectivity index (χ1) is 16.1. The molecule has 1 heterocycles. The first-order valence-electron chi connectivity index (χ1n) is 10.8. The highest BCUT2D eigenvalue weighted by atomic mass is 19.1. The van der Waals surface area contributed by atoms with E-state index in [-0.39, 0.29) is 17.4 Å². The number of amides is 1. The van der Waals surface area contributed by atoms with Crippen molar-refractivity contribution in [3.63, 3.8) is 0 Å². The minimum atomic E-state index is -0.266. The van der Waals surface area contributed by atoms with Crippen LogP contribution in [-0.2, 0) is 26.2 Å². The average Bonchev–Trinajstić information content (AvgIpc) is 3.28. The molecule has 0 N–H and O–H groups in total. The van der Waals surface area contributed by atoms with Gasteiger partial charge in [-0.2, -0.15) is 0 Å². The Morgan fingerprint density at radius 2 is 1.42 bits per heavy atom. The Hall–Kier alpha value is -3.77. The van der Waals surface area contributed by atoms with Crippen molar-refractivity contribution in [3.8, 4) is 0 Å². The number of halogens is 1. The summed E-state index contributed by atoms with van der Waals surface area (Å²) in [6, 6.07) is 26.4. The van der Waals surface area contributed by atoms with Crippen LogP contribution in [0.25, 0.3) is 0 Å². The first kappa shape index (κ1) is 22.4. The third kappa shape index (κ3) is 6.37. The van der Waals surface area contributed by atoms with Crippen LogP contribution in [0.4, 0.5) is 4.39 Å². The molecule has 4 rings (SSSR count). The van der Waals surface area contributed by atoms with Gasteiger partial charge in [0.1, 0.15) is 12.1 Å². The predicted molar refractivity (Wildman–Crippen MR) is 125 cm³/mol. The van der Waals surface area contributed by atoms with Crippen LogP contribution < -0.4 is 0 Å². The lowest BCUT2D eigenvalue weighted by molar-refractivity contribution is 0.0779. The molecular weight excluding hydrogens is 417 g/mol. The summed E-state index contributed by atoms with van der Waals surface area (Å²) in [4.78, 5) is 21.0. The monoisotopic (exact) mass is 443 g/mol. The largest absolute Gasteiger partial charge is 0.447 e. The van der Waals surface area contributed by atoms with Crippen molar-refractivity contribution in [3.05, 3.63) is 125 Å². The summed E-state index contributed by atoms with van der Waals surface area (Å²) in [6.07, 6.45) is 1.40. The zero-order chi connectivity index (χ0) is 23.0. The van der Waals surface area contributed by atoms with Crippen molar-refractivity contribution in [1.82, 2.24) is 14.8 Å². The Labute approximate surface area is 193 Å². The first-order valence-corrected chi connectivity index (χ1v) is 10.8. The summed E-state index contributed by atoms with van der Waals surface area (Å²) in [6.45, 7) is 2.03. The molecule has 0 fully saturated rings. The number of nitrogens with zero attached hydrogens (tertiary/aromatic N) is 3. The van der Waals surface area contributed by atoms with Crippen LogP contribution in [0.2, 0.25) is 0 Å². The van der Waals surface area contributed by atoms with E-state index < -0.39 is 0 Å². The van der Waals surface area contributed by atoms with Crippen molar-refractivity contribution in [2.75, 3.05) is 7.05 Å². The Kier molecular flexibility index (Phi) is 7.27. The third-order valence-electron chi connectivity index (χ3n) is 5.28. The molecule has 0 saturated carbocycles. The second-order valence-corrected chi connectivity index (χ2v) is 8.03. The van der Waals surface area contributed by atoms with Crippen molar-refractivity contribution in [1.29, 1.82) is 0 Å². The molecule has 168 valence electrons. The fourth-order valence-corrected chi connectivity index (χ4v) is 3.70. The number of rotatable bonds is 9. The molecule has 0 spiro atoms. The maximum absolute atomic E-state index is 13.7. The summed E-state index contributed by atoms with van der Waals surface area (Å²) in [5.41, 5.74) is 3.30. The lowest BCUT2D eigenvalue weighted by atomic mass is 10.1. The summed E-state index contributed by atoms with van der Waals surface area (Å²) in [5.74, 6) is -0.0231. The zero-order valence-corrected chi connectivity index (χ0v) is 18.5. The Balaban J connectivity index is 1.46. The van der Waals surface area contributed by atoms with Crippen LogP contribution in [0.15, 0.2) is 95.6 Å². The average molecular weight is 444 g/mol. The highest BCUT2D eigenvalue weighted by molar-refractivity contribution is 5.91. The van der Waals surface area contributed by atoms with E-state index >= 15 is 0 Å². The summed E-state index contributed by atoms with van der Waals surface area (Å²) in [5, 5.41) is 0. The van der Waals surface area contributed by atoms with Crippen LogP contribution in [0.5, 0.6) is 0 Å². The van der Waals surface area contributed by atoms with Crippen LogP contribution >= 0.6 is 0 Å². The molecule has 3 aromatic carbocycles. The summed E-state index contributed by atoms with van der Waals surface area (Å²) >= 11 is 0. The number of oxazole rings is 1. The molecule has 5 nitrogen and oxygen atoms in total. The minimum Gasteiger partial charge on any atom is -0.447 e. The number of hydrogen-bond donors (Lipinski definition) is 0. The van der Waals surface area contributed by atoms with Crippen LogP contribution in [0.3, 0.4) is 0 Å². The standard InChI is InChI=1S/C27H26FN3O2/c1-30(16-21-9-4-2-5-10-21)27(32)25-20-33-26(29-25)19-31(17-22-11-6-3-7-12-22)18-23-13-8-14-24(28)15-23/h2-15,20H,16-19H2,1H3. The molecule has 0 saturated heterocycles. The van der Waals surface area contributed by atoms with Gasteiger partial charge in [0.15, 0.2) is 5.69 Å². The van der Waals surface area contributed by atoms with Gasteiger partial charge in [0.25, 0.3) is 5.91 Å². The van der Waals surface area contributed by atoms with Gasteiger partial charge in [-0.1, -0.05) is 72.8 Å². The van der Waals surface area contributed by atoms with E-state index in [2.05, 4.69) is 9.88 Å². The van der Waals surface area contributed by atoms with Gasteiger partial charge in [0.05, 0.1) is 6.54 Å². The molecule has 1 amide bonds. The molecule has 0 aliphatic carbocycles. The molecule has 4 aromatic rings. The molecule has 0 atom stereocenters. The summed E-state index contributed by atoms with van der Waals surface area (Å²) < 4.78 is 19.3. The third-order valence-corrected chi connectivity index (χ3v) is 5.28. The van der Waals surface area contributed by atoms with Crippen molar-refractivity contribution in [2.24, 2.45) is 0 Å². The molecule has 0 aliphatic heterocycles. The lowest BCUT2D eigenvalue weighted by Crippen LogP contribution is -2.26. The van der Waals surface area contributed by atoms with Crippen LogP contribution in [-0.4, -0.2) is 27.7 Å². The molecule has 6 heteroatoms. The predicted octanol–water partition coefficient (Wildman–Crippen LogP) is 5.29. The molecule has 1 aromatic heterocycles. The van der Waals surface area contributed by atoms with E-state index in [0.29, 0.717) is 32.1 Å². The fraction of sp³-hybridized carbons (Fsp3) is 0.185. The molecular formula is C27H26FN3O2. The van der Waals surface area contributed by atoms with Gasteiger partial charge in [-0.05, 0) is 28.8 Å². The van der Waals surface area contributed by atoms with E-state index in [1.807, 2.05) is 66.7 Å². The maximum Gasteiger partial charge on any atom is 0.275 e. The van der Waals surface area contributed by atoms with E-state index in [9.17, 15) is 9.18 Å². The van der Waals surface area contributed by atoms with Crippen molar-refractivity contribution in [2.45, 2.75) is 26.2 Å². The SMILES string of the molecule is CN(Cc1ccccc1)C(=O)c1coc(CN(Cc2ccccc2)Cc2cccc(F)c2)n1. The van der Waals surface area contributed by atoms with E-state index in [0.717, 1.165) is 16.7 Å². The Morgan fingerprint density at radius 1 is 0.818 bits per heavy atom. The smallest absolute Gasteiger partial charge is 0.275 e. The van der Waals surface area contributed by atoms with E-state index in [1.165, 1.54) is 18.4 Å². The van der Waals surface area contributed by atoms with Gasteiger partial charge in [0, 0.05) is 26.7 Å². The lowest BCUT2D eigenvalue weighted by Gasteiger charge is -2.21. The highest BCUT2D eigenvalue weighted by Crippen LogP contribution is 2.16. The second kappa shape index (κ2) is 10.7. The van der Waals surface area contributed by atoms with Crippen molar-refractivity contribution < 1.29 is 13.6 Å². The number of hydrogen-bond acceptors (Lipinski definition) is 4. The normalized spacial score (nSPS) is 11.0. The molecule has 0 aliphatic rings. The molecule has 33 heavy (non-hydrogen) atoms. The van der Waals surface area contributed by atoms with Crippen LogP contribution in [0.1, 0.15) is 33.1 Å². The number of benzene rings is 3. The Morgan fingerprint density at radius 3 is 2.09 bits per heavy atom.